The van der Waals surface area contributed by atoms with Crippen LogP contribution in [0.3, 0.4) is 0 Å². The second-order valence-corrected chi connectivity index (χ2v) is 7.46. The molecule has 5 unspecified atom stereocenters. The first kappa shape index (κ1) is 29.9. The molecule has 0 aromatic heterocycles. The third-order valence-electron chi connectivity index (χ3n) is 4.24. The van der Waals surface area contributed by atoms with E-state index in [1.54, 1.807) is 0 Å². The maximum Gasteiger partial charge on any atom is 0.326 e. The van der Waals surface area contributed by atoms with Gasteiger partial charge >= 0.3 is 5.97 Å². The van der Waals surface area contributed by atoms with E-state index in [0.717, 1.165) is 0 Å². The van der Waals surface area contributed by atoms with Crippen LogP contribution in [0.5, 0.6) is 0 Å². The number of aliphatic hydroxyl groups excluding tert-OH is 1. The van der Waals surface area contributed by atoms with Gasteiger partial charge in [-0.1, -0.05) is 0 Å². The fourth-order valence-electron chi connectivity index (χ4n) is 2.40. The summed E-state index contributed by atoms with van der Waals surface area (Å²) in [4.78, 5) is 63.5. The highest BCUT2D eigenvalue weighted by Gasteiger charge is 2.30. The lowest BCUT2D eigenvalue weighted by molar-refractivity contribution is -0.143. The maximum atomic E-state index is 12.6. The van der Waals surface area contributed by atoms with Gasteiger partial charge in [-0.25, -0.2) is 4.79 Å². The number of aliphatic carboxylic acids is 1. The summed E-state index contributed by atoms with van der Waals surface area (Å²) in [6, 6.07) is -5.41. The summed E-state index contributed by atoms with van der Waals surface area (Å²) < 4.78 is 0. The summed E-state index contributed by atoms with van der Waals surface area (Å²) in [5.41, 5.74) is 21.0. The fourth-order valence-corrected chi connectivity index (χ4v) is 2.66. The summed E-state index contributed by atoms with van der Waals surface area (Å²) in [7, 11) is 0. The smallest absolute Gasteiger partial charge is 0.326 e. The SMILES string of the molecule is CC(O)C(N)C(=O)NC(CS)C(=O)NC(CCCN=C(N)N)C(=O)NC(CC(N)=O)C(=O)O. The van der Waals surface area contributed by atoms with E-state index in [0.29, 0.717) is 0 Å². The van der Waals surface area contributed by atoms with Crippen molar-refractivity contribution in [2.45, 2.75) is 56.5 Å². The van der Waals surface area contributed by atoms with Gasteiger partial charge in [-0.05, 0) is 19.8 Å². The van der Waals surface area contributed by atoms with Gasteiger partial charge in [-0.2, -0.15) is 12.6 Å². The number of primary amides is 1. The Balaban J connectivity index is 5.44. The molecule has 0 bridgehead atoms. The van der Waals surface area contributed by atoms with E-state index >= 15 is 0 Å². The quantitative estimate of drug-likeness (QED) is 0.0450. The van der Waals surface area contributed by atoms with Crippen LogP contribution < -0.4 is 38.9 Å². The van der Waals surface area contributed by atoms with Crippen molar-refractivity contribution in [1.82, 2.24) is 16.0 Å². The van der Waals surface area contributed by atoms with Crippen LogP contribution in [0.2, 0.25) is 0 Å². The Morgan fingerprint density at radius 1 is 0.939 bits per heavy atom. The number of carbonyl (C=O) groups excluding carboxylic acids is 4. The third-order valence-corrected chi connectivity index (χ3v) is 4.60. The Bertz CT molecular complexity index is 745. The van der Waals surface area contributed by atoms with Gasteiger partial charge in [0.25, 0.3) is 0 Å². The Hall–Kier alpha value is -3.11. The molecule has 16 heteroatoms. The Kier molecular flexibility index (Phi) is 13.5. The van der Waals surface area contributed by atoms with Crippen LogP contribution >= 0.6 is 12.6 Å². The van der Waals surface area contributed by atoms with Gasteiger partial charge in [0.2, 0.25) is 23.6 Å². The molecule has 4 amide bonds. The molecule has 0 aliphatic carbocycles. The molecular formula is C17H32N8O7S. The van der Waals surface area contributed by atoms with Gasteiger partial charge in [-0.15, -0.1) is 0 Å². The Morgan fingerprint density at radius 2 is 1.45 bits per heavy atom. The number of carbonyl (C=O) groups is 5. The number of carboxylic acid groups (broad SMARTS) is 1. The van der Waals surface area contributed by atoms with Crippen LogP contribution in [0.15, 0.2) is 4.99 Å². The second-order valence-electron chi connectivity index (χ2n) is 7.09. The van der Waals surface area contributed by atoms with Crippen LogP contribution in [-0.2, 0) is 24.0 Å². The minimum absolute atomic E-state index is 0.0162. The van der Waals surface area contributed by atoms with Gasteiger partial charge in [0, 0.05) is 12.3 Å². The lowest BCUT2D eigenvalue weighted by atomic mass is 10.1. The highest BCUT2D eigenvalue weighted by Crippen LogP contribution is 2.03. The largest absolute Gasteiger partial charge is 0.480 e. The number of carboxylic acids is 1. The highest BCUT2D eigenvalue weighted by molar-refractivity contribution is 7.80. The number of aliphatic hydroxyl groups is 1. The average molecular weight is 493 g/mol. The average Bonchev–Trinajstić information content (AvgIpc) is 2.71. The topological polar surface area (TPSA) is 278 Å². The van der Waals surface area contributed by atoms with E-state index in [9.17, 15) is 34.2 Å². The van der Waals surface area contributed by atoms with Crippen LogP contribution in [0, 0.1) is 0 Å². The molecule has 0 heterocycles. The van der Waals surface area contributed by atoms with Crippen molar-refractivity contribution in [2.75, 3.05) is 12.3 Å². The van der Waals surface area contributed by atoms with Gasteiger partial charge in [0.15, 0.2) is 5.96 Å². The van der Waals surface area contributed by atoms with Crippen molar-refractivity contribution in [3.63, 3.8) is 0 Å². The van der Waals surface area contributed by atoms with E-state index in [-0.39, 0.29) is 31.1 Å². The van der Waals surface area contributed by atoms with E-state index in [4.69, 9.17) is 22.9 Å². The van der Waals surface area contributed by atoms with Crippen LogP contribution in [-0.4, -0.2) is 88.3 Å². The van der Waals surface area contributed by atoms with E-state index in [2.05, 4.69) is 33.6 Å². The molecule has 5 atom stereocenters. The molecule has 0 saturated heterocycles. The van der Waals surface area contributed by atoms with E-state index in [1.165, 1.54) is 6.92 Å². The van der Waals surface area contributed by atoms with Crippen LogP contribution in [0.4, 0.5) is 0 Å². The predicted molar refractivity (Wildman–Crippen MR) is 121 cm³/mol. The van der Waals surface area contributed by atoms with Crippen molar-refractivity contribution >= 4 is 48.2 Å². The normalized spacial score (nSPS) is 15.2. The van der Waals surface area contributed by atoms with Gasteiger partial charge < -0.3 is 49.1 Å². The Labute approximate surface area is 195 Å². The minimum atomic E-state index is -1.61. The summed E-state index contributed by atoms with van der Waals surface area (Å²) in [6.45, 7) is 1.41. The van der Waals surface area contributed by atoms with Crippen molar-refractivity contribution < 1.29 is 34.2 Å². The lowest BCUT2D eigenvalue weighted by Crippen LogP contribution is -2.58. The van der Waals surface area contributed by atoms with E-state index < -0.39 is 66.3 Å². The number of nitrogens with zero attached hydrogens (tertiary/aromatic N) is 1. The number of thiol groups is 1. The molecule has 13 N–H and O–H groups in total. The highest BCUT2D eigenvalue weighted by atomic mass is 32.1. The molecule has 0 aromatic carbocycles. The number of guanidine groups is 1. The Morgan fingerprint density at radius 3 is 1.91 bits per heavy atom. The third kappa shape index (κ3) is 11.9. The summed E-state index contributed by atoms with van der Waals surface area (Å²) >= 11 is 4.00. The number of nitrogens with two attached hydrogens (primary N) is 4. The number of rotatable bonds is 15. The first-order chi connectivity index (χ1) is 15.3. The molecular weight excluding hydrogens is 460 g/mol. The van der Waals surface area contributed by atoms with Crippen molar-refractivity contribution in [3.8, 4) is 0 Å². The number of hydrogen-bond donors (Lipinski definition) is 10. The fraction of sp³-hybridized carbons (Fsp3) is 0.647. The number of amides is 4. The number of aliphatic imine (C=N–C) groups is 1. The van der Waals surface area contributed by atoms with Crippen molar-refractivity contribution in [2.24, 2.45) is 27.9 Å². The zero-order chi connectivity index (χ0) is 25.7. The second kappa shape index (κ2) is 14.9. The predicted octanol–water partition coefficient (Wildman–Crippen LogP) is -4.91. The molecule has 15 nitrogen and oxygen atoms in total. The molecule has 0 radical (unpaired) electrons. The standard InChI is InChI=1S/C17H32N8O7S/c1-7(26)12(19)15(30)25-10(6-33)14(29)23-8(3-2-4-22-17(20)21)13(28)24-9(16(31)32)5-11(18)27/h7-10,12,26,33H,2-6,19H2,1H3,(H2,18,27)(H,23,29)(H,24,28)(H,25,30)(H,31,32)(H4,20,21,22). The molecule has 0 fully saturated rings. The van der Waals surface area contributed by atoms with Crippen molar-refractivity contribution in [1.29, 1.82) is 0 Å². The van der Waals surface area contributed by atoms with Gasteiger partial charge in [0.05, 0.1) is 12.5 Å². The minimum Gasteiger partial charge on any atom is -0.480 e. The first-order valence-electron chi connectivity index (χ1n) is 9.82. The summed E-state index contributed by atoms with van der Waals surface area (Å²) in [6.07, 6.45) is -1.64. The monoisotopic (exact) mass is 492 g/mol. The lowest BCUT2D eigenvalue weighted by Gasteiger charge is -2.24. The zero-order valence-electron chi connectivity index (χ0n) is 18.1. The van der Waals surface area contributed by atoms with Crippen LogP contribution in [0.25, 0.3) is 0 Å². The molecule has 0 aromatic rings. The maximum absolute atomic E-state index is 12.6. The van der Waals surface area contributed by atoms with E-state index in [1.807, 2.05) is 0 Å². The number of hydrogen-bond acceptors (Lipinski definition) is 9. The molecule has 0 saturated carbocycles. The molecule has 0 rings (SSSR count). The van der Waals surface area contributed by atoms with Gasteiger partial charge in [0.1, 0.15) is 24.2 Å². The summed E-state index contributed by atoms with van der Waals surface area (Å²) in [5, 5.41) is 25.4. The molecule has 33 heavy (non-hydrogen) atoms. The molecule has 0 aliphatic heterocycles. The van der Waals surface area contributed by atoms with Crippen LogP contribution in [0.1, 0.15) is 26.2 Å². The summed E-state index contributed by atoms with van der Waals surface area (Å²) in [5.74, 6) is -5.36. The number of nitrogens with one attached hydrogen (secondary N) is 3. The van der Waals surface area contributed by atoms with Crippen molar-refractivity contribution in [3.05, 3.63) is 0 Å². The molecule has 0 aliphatic rings. The molecule has 188 valence electrons. The van der Waals surface area contributed by atoms with Gasteiger partial charge in [-0.3, -0.25) is 24.2 Å². The molecule has 0 spiro atoms. The zero-order valence-corrected chi connectivity index (χ0v) is 19.0. The first-order valence-corrected chi connectivity index (χ1v) is 10.5.